The monoisotopic (exact) mass is 620 g/mol. The molecule has 0 aromatic rings. The maximum Gasteiger partial charge on any atom is 0.322 e. The van der Waals surface area contributed by atoms with Gasteiger partial charge in [0.25, 0.3) is 0 Å². The van der Waals surface area contributed by atoms with Crippen molar-refractivity contribution in [1.29, 1.82) is 0 Å². The van der Waals surface area contributed by atoms with E-state index >= 15 is 0 Å². The van der Waals surface area contributed by atoms with Gasteiger partial charge in [0.1, 0.15) is 12.6 Å². The molecule has 0 aromatic carbocycles. The summed E-state index contributed by atoms with van der Waals surface area (Å²) in [6.07, 6.45) is 39.0. The van der Waals surface area contributed by atoms with Crippen LogP contribution in [-0.4, -0.2) is 35.6 Å². The summed E-state index contributed by atoms with van der Waals surface area (Å²) < 4.78 is 5.84. The van der Waals surface area contributed by atoms with E-state index in [0.29, 0.717) is 12.8 Å². The number of allylic oxidation sites excluding steroid dienone is 3. The maximum atomic E-state index is 12.6. The summed E-state index contributed by atoms with van der Waals surface area (Å²) >= 11 is 0. The topological polar surface area (TPSA) is 92.7 Å². The number of hydrogen-bond donors (Lipinski definition) is 2. The zero-order chi connectivity index (χ0) is 32.4. The Bertz CT molecular complexity index is 733. The molecule has 0 aromatic heterocycles. The molecular formula is C38H69NO5. The second-order valence-corrected chi connectivity index (χ2v) is 12.5. The van der Waals surface area contributed by atoms with Crippen LogP contribution in [0.4, 0.5) is 0 Å². The summed E-state index contributed by atoms with van der Waals surface area (Å²) in [7, 11) is 0. The van der Waals surface area contributed by atoms with E-state index in [1.807, 2.05) is 6.08 Å². The van der Waals surface area contributed by atoms with Crippen LogP contribution in [0.1, 0.15) is 187 Å². The SMILES string of the molecule is CCC/C=C\C/C=C\C(CCCCCCC(=O)NCC(=O)O)OC(=O)CCCCCCCCCCCCCCCCCCC. The average Bonchev–Trinajstić information content (AvgIpc) is 3.00. The highest BCUT2D eigenvalue weighted by atomic mass is 16.5. The Kier molecular flexibility index (Phi) is 32.2. The van der Waals surface area contributed by atoms with Crippen LogP contribution in [0.25, 0.3) is 0 Å². The summed E-state index contributed by atoms with van der Waals surface area (Å²) in [6, 6.07) is 0. The molecule has 44 heavy (non-hydrogen) atoms. The van der Waals surface area contributed by atoms with Crippen molar-refractivity contribution < 1.29 is 24.2 Å². The predicted molar refractivity (Wildman–Crippen MR) is 185 cm³/mol. The molecule has 0 aliphatic carbocycles. The van der Waals surface area contributed by atoms with E-state index in [-0.39, 0.29) is 24.5 Å². The molecule has 0 saturated heterocycles. The van der Waals surface area contributed by atoms with Crippen molar-refractivity contribution in [2.24, 2.45) is 0 Å². The normalized spacial score (nSPS) is 12.2. The van der Waals surface area contributed by atoms with Crippen LogP contribution in [-0.2, 0) is 19.1 Å². The van der Waals surface area contributed by atoms with Gasteiger partial charge in [-0.3, -0.25) is 14.4 Å². The molecule has 0 rings (SSSR count). The van der Waals surface area contributed by atoms with E-state index < -0.39 is 5.97 Å². The minimum absolute atomic E-state index is 0.0998. The highest BCUT2D eigenvalue weighted by Crippen LogP contribution is 2.16. The first kappa shape index (κ1) is 41.9. The first-order valence-electron chi connectivity index (χ1n) is 18.5. The molecule has 0 aliphatic rings. The maximum absolute atomic E-state index is 12.6. The average molecular weight is 620 g/mol. The third kappa shape index (κ3) is 32.8. The van der Waals surface area contributed by atoms with E-state index in [1.54, 1.807) is 0 Å². The first-order valence-corrected chi connectivity index (χ1v) is 18.5. The zero-order valence-electron chi connectivity index (χ0n) is 28.8. The Morgan fingerprint density at radius 2 is 1.11 bits per heavy atom. The number of carbonyl (C=O) groups excluding carboxylic acids is 2. The number of aliphatic carboxylic acids is 1. The third-order valence-corrected chi connectivity index (χ3v) is 8.09. The van der Waals surface area contributed by atoms with Gasteiger partial charge in [0, 0.05) is 12.8 Å². The number of carboxylic acid groups (broad SMARTS) is 1. The second-order valence-electron chi connectivity index (χ2n) is 12.5. The minimum Gasteiger partial charge on any atom is -0.480 e. The molecule has 1 amide bonds. The number of hydrogen-bond acceptors (Lipinski definition) is 4. The first-order chi connectivity index (χ1) is 21.5. The Morgan fingerprint density at radius 3 is 1.64 bits per heavy atom. The van der Waals surface area contributed by atoms with Gasteiger partial charge in [-0.15, -0.1) is 0 Å². The van der Waals surface area contributed by atoms with Crippen molar-refractivity contribution in [2.75, 3.05) is 6.54 Å². The quantitative estimate of drug-likeness (QED) is 0.0433. The van der Waals surface area contributed by atoms with Gasteiger partial charge in [-0.1, -0.05) is 154 Å². The largest absolute Gasteiger partial charge is 0.480 e. The van der Waals surface area contributed by atoms with Crippen molar-refractivity contribution >= 4 is 17.8 Å². The molecule has 0 spiro atoms. The van der Waals surface area contributed by atoms with E-state index in [9.17, 15) is 14.4 Å². The Balaban J connectivity index is 3.98. The predicted octanol–water partition coefficient (Wildman–Crippen LogP) is 10.8. The molecule has 0 radical (unpaired) electrons. The van der Waals surface area contributed by atoms with Crippen LogP contribution in [0.2, 0.25) is 0 Å². The molecule has 0 saturated carbocycles. The van der Waals surface area contributed by atoms with E-state index in [2.05, 4.69) is 37.4 Å². The van der Waals surface area contributed by atoms with Crippen LogP contribution in [0, 0.1) is 0 Å². The second kappa shape index (κ2) is 33.8. The summed E-state index contributed by atoms with van der Waals surface area (Å²) in [5.41, 5.74) is 0. The van der Waals surface area contributed by atoms with Crippen LogP contribution < -0.4 is 5.32 Å². The fraction of sp³-hybridized carbons (Fsp3) is 0.816. The van der Waals surface area contributed by atoms with E-state index in [1.165, 1.54) is 96.3 Å². The molecule has 1 unspecified atom stereocenters. The van der Waals surface area contributed by atoms with Gasteiger partial charge in [-0.25, -0.2) is 0 Å². The molecule has 256 valence electrons. The zero-order valence-corrected chi connectivity index (χ0v) is 28.8. The molecule has 0 fully saturated rings. The van der Waals surface area contributed by atoms with Crippen molar-refractivity contribution in [3.63, 3.8) is 0 Å². The summed E-state index contributed by atoms with van der Waals surface area (Å²) in [5, 5.41) is 11.0. The van der Waals surface area contributed by atoms with Gasteiger partial charge in [0.2, 0.25) is 5.91 Å². The van der Waals surface area contributed by atoms with Crippen molar-refractivity contribution in [3.8, 4) is 0 Å². The molecule has 0 bridgehead atoms. The molecule has 2 N–H and O–H groups in total. The molecule has 6 heteroatoms. The highest BCUT2D eigenvalue weighted by Gasteiger charge is 2.12. The number of unbranched alkanes of at least 4 members (excludes halogenated alkanes) is 20. The lowest BCUT2D eigenvalue weighted by atomic mass is 10.0. The van der Waals surface area contributed by atoms with Gasteiger partial charge in [-0.2, -0.15) is 0 Å². The van der Waals surface area contributed by atoms with Gasteiger partial charge in [0.15, 0.2) is 0 Å². The van der Waals surface area contributed by atoms with Gasteiger partial charge in [-0.05, 0) is 44.6 Å². The number of nitrogens with one attached hydrogen (secondary N) is 1. The van der Waals surface area contributed by atoms with Gasteiger partial charge < -0.3 is 15.2 Å². The number of rotatable bonds is 33. The lowest BCUT2D eigenvalue weighted by molar-refractivity contribution is -0.147. The van der Waals surface area contributed by atoms with Crippen LogP contribution in [0.3, 0.4) is 0 Å². The molecule has 0 aliphatic heterocycles. The number of carboxylic acids is 1. The number of ether oxygens (including phenoxy) is 1. The number of carbonyl (C=O) groups is 3. The molecule has 1 atom stereocenters. The summed E-state index contributed by atoms with van der Waals surface area (Å²) in [5.74, 6) is -1.35. The van der Waals surface area contributed by atoms with Crippen LogP contribution >= 0.6 is 0 Å². The highest BCUT2D eigenvalue weighted by molar-refractivity contribution is 5.80. The van der Waals surface area contributed by atoms with E-state index in [4.69, 9.17) is 9.84 Å². The van der Waals surface area contributed by atoms with Crippen molar-refractivity contribution in [1.82, 2.24) is 5.32 Å². The Morgan fingerprint density at radius 1 is 0.614 bits per heavy atom. The van der Waals surface area contributed by atoms with Gasteiger partial charge >= 0.3 is 11.9 Å². The summed E-state index contributed by atoms with van der Waals surface area (Å²) in [4.78, 5) is 34.7. The lowest BCUT2D eigenvalue weighted by Gasteiger charge is -2.14. The van der Waals surface area contributed by atoms with Crippen LogP contribution in [0.5, 0.6) is 0 Å². The Hall–Kier alpha value is -2.11. The molecular weight excluding hydrogens is 550 g/mol. The fourth-order valence-corrected chi connectivity index (χ4v) is 5.35. The number of esters is 1. The van der Waals surface area contributed by atoms with Crippen molar-refractivity contribution in [3.05, 3.63) is 24.3 Å². The minimum atomic E-state index is -1.03. The van der Waals surface area contributed by atoms with Crippen molar-refractivity contribution in [2.45, 2.75) is 193 Å². The molecule has 6 nitrogen and oxygen atoms in total. The lowest BCUT2D eigenvalue weighted by Crippen LogP contribution is -2.28. The summed E-state index contributed by atoms with van der Waals surface area (Å²) in [6.45, 7) is 4.11. The smallest absolute Gasteiger partial charge is 0.322 e. The van der Waals surface area contributed by atoms with Gasteiger partial charge in [0.05, 0.1) is 0 Å². The molecule has 0 heterocycles. The van der Waals surface area contributed by atoms with E-state index in [0.717, 1.165) is 64.2 Å². The Labute approximate surface area is 271 Å². The third-order valence-electron chi connectivity index (χ3n) is 8.09. The number of amides is 1. The van der Waals surface area contributed by atoms with Crippen LogP contribution in [0.15, 0.2) is 24.3 Å². The standard InChI is InChI=1S/C38H69NO5/c1-3-5-7-9-11-12-13-14-15-16-17-18-19-20-21-23-29-33-38(43)44-35(30-26-22-10-8-6-4-2)31-27-24-25-28-32-36(40)39-34-37(41)42/h8,10,26,30,35H,3-7,9,11-25,27-29,31-34H2,1-2H3,(H,39,40)(H,41,42)/b10-8-,30-26-. The fourth-order valence-electron chi connectivity index (χ4n) is 5.35.